The van der Waals surface area contributed by atoms with Gasteiger partial charge in [0.25, 0.3) is 0 Å². The van der Waals surface area contributed by atoms with E-state index < -0.39 is 0 Å². The van der Waals surface area contributed by atoms with Crippen molar-refractivity contribution >= 4 is 0 Å². The molecule has 0 radical (unpaired) electrons. The van der Waals surface area contributed by atoms with Crippen LogP contribution in [-0.4, -0.2) is 29.6 Å². The van der Waals surface area contributed by atoms with E-state index in [1.807, 2.05) is 0 Å². The quantitative estimate of drug-likeness (QED) is 0.671. The van der Waals surface area contributed by atoms with E-state index in [1.54, 1.807) is 0 Å². The van der Waals surface area contributed by atoms with Crippen molar-refractivity contribution in [3.8, 4) is 0 Å². The van der Waals surface area contributed by atoms with Crippen LogP contribution in [0.4, 0.5) is 0 Å². The van der Waals surface area contributed by atoms with E-state index >= 15 is 0 Å². The summed E-state index contributed by atoms with van der Waals surface area (Å²) in [5.41, 5.74) is 6.28. The van der Waals surface area contributed by atoms with Crippen LogP contribution in [0.25, 0.3) is 0 Å². The molecule has 0 aromatic rings. The van der Waals surface area contributed by atoms with E-state index in [-0.39, 0.29) is 0 Å². The van der Waals surface area contributed by atoms with Crippen molar-refractivity contribution in [2.24, 2.45) is 5.73 Å². The SMILES string of the molecule is CCCN(C1CC1)C1(CN)CC1. The lowest BCUT2D eigenvalue weighted by atomic mass is 10.2. The van der Waals surface area contributed by atoms with Gasteiger partial charge in [0.2, 0.25) is 0 Å². The van der Waals surface area contributed by atoms with Gasteiger partial charge in [0, 0.05) is 18.1 Å². The maximum Gasteiger partial charge on any atom is 0.0336 e. The van der Waals surface area contributed by atoms with Crippen LogP contribution in [-0.2, 0) is 0 Å². The van der Waals surface area contributed by atoms with Crippen LogP contribution >= 0.6 is 0 Å². The average Bonchev–Trinajstić information content (AvgIpc) is 2.96. The van der Waals surface area contributed by atoms with Crippen molar-refractivity contribution in [2.45, 2.75) is 50.6 Å². The molecule has 0 saturated heterocycles. The smallest absolute Gasteiger partial charge is 0.0336 e. The van der Waals surface area contributed by atoms with Crippen molar-refractivity contribution in [1.29, 1.82) is 0 Å². The summed E-state index contributed by atoms with van der Waals surface area (Å²) < 4.78 is 0. The van der Waals surface area contributed by atoms with Gasteiger partial charge in [-0.15, -0.1) is 0 Å². The molecule has 12 heavy (non-hydrogen) atoms. The lowest BCUT2D eigenvalue weighted by Crippen LogP contribution is -2.44. The summed E-state index contributed by atoms with van der Waals surface area (Å²) in [5.74, 6) is 0. The number of nitrogens with zero attached hydrogens (tertiary/aromatic N) is 1. The molecule has 0 aromatic carbocycles. The molecule has 2 fully saturated rings. The van der Waals surface area contributed by atoms with Crippen molar-refractivity contribution in [3.63, 3.8) is 0 Å². The Hall–Kier alpha value is -0.0800. The van der Waals surface area contributed by atoms with Gasteiger partial charge in [-0.25, -0.2) is 0 Å². The van der Waals surface area contributed by atoms with Crippen LogP contribution in [0.5, 0.6) is 0 Å². The highest BCUT2D eigenvalue weighted by Crippen LogP contribution is 2.46. The van der Waals surface area contributed by atoms with E-state index in [2.05, 4.69) is 11.8 Å². The molecule has 2 aliphatic rings. The van der Waals surface area contributed by atoms with Crippen LogP contribution in [0.1, 0.15) is 39.0 Å². The molecule has 2 N–H and O–H groups in total. The van der Waals surface area contributed by atoms with Gasteiger partial charge in [-0.05, 0) is 38.6 Å². The summed E-state index contributed by atoms with van der Waals surface area (Å²) in [4.78, 5) is 2.69. The number of nitrogens with two attached hydrogens (primary N) is 1. The van der Waals surface area contributed by atoms with Gasteiger partial charge in [-0.1, -0.05) is 6.92 Å². The fourth-order valence-electron chi connectivity index (χ4n) is 2.19. The first-order valence-corrected chi connectivity index (χ1v) is 5.29. The van der Waals surface area contributed by atoms with Gasteiger partial charge in [0.15, 0.2) is 0 Å². The Balaban J connectivity index is 1.95. The molecule has 0 heterocycles. The largest absolute Gasteiger partial charge is 0.329 e. The van der Waals surface area contributed by atoms with Crippen LogP contribution < -0.4 is 5.73 Å². The second-order valence-corrected chi connectivity index (χ2v) is 4.35. The van der Waals surface area contributed by atoms with Gasteiger partial charge in [-0.2, -0.15) is 0 Å². The molecule has 2 aliphatic carbocycles. The Kier molecular flexibility index (Phi) is 2.13. The Bertz CT molecular complexity index is 159. The first-order chi connectivity index (χ1) is 5.82. The van der Waals surface area contributed by atoms with Crippen molar-refractivity contribution in [3.05, 3.63) is 0 Å². The normalized spacial score (nSPS) is 26.2. The number of rotatable bonds is 5. The Labute approximate surface area is 75.1 Å². The Morgan fingerprint density at radius 2 is 2.08 bits per heavy atom. The van der Waals surface area contributed by atoms with E-state index in [0.29, 0.717) is 5.54 Å². The fourth-order valence-corrected chi connectivity index (χ4v) is 2.19. The van der Waals surface area contributed by atoms with Gasteiger partial charge in [-0.3, -0.25) is 4.90 Å². The molecule has 0 spiro atoms. The van der Waals surface area contributed by atoms with Crippen LogP contribution in [0.2, 0.25) is 0 Å². The summed E-state index contributed by atoms with van der Waals surface area (Å²) in [5, 5.41) is 0. The molecule has 2 saturated carbocycles. The van der Waals surface area contributed by atoms with Gasteiger partial charge >= 0.3 is 0 Å². The summed E-state index contributed by atoms with van der Waals surface area (Å²) in [6.07, 6.45) is 6.81. The van der Waals surface area contributed by atoms with Crippen molar-refractivity contribution in [2.75, 3.05) is 13.1 Å². The minimum atomic E-state index is 0.456. The fraction of sp³-hybridized carbons (Fsp3) is 1.00. The second-order valence-electron chi connectivity index (χ2n) is 4.35. The molecule has 2 nitrogen and oxygen atoms in total. The predicted octanol–water partition coefficient (Wildman–Crippen LogP) is 1.35. The summed E-state index contributed by atoms with van der Waals surface area (Å²) in [7, 11) is 0. The maximum atomic E-state index is 5.82. The van der Waals surface area contributed by atoms with E-state index in [1.165, 1.54) is 38.6 Å². The Morgan fingerprint density at radius 1 is 1.42 bits per heavy atom. The van der Waals surface area contributed by atoms with E-state index in [0.717, 1.165) is 12.6 Å². The van der Waals surface area contributed by atoms with Crippen LogP contribution in [0, 0.1) is 0 Å². The molecular weight excluding hydrogens is 148 g/mol. The molecule has 0 amide bonds. The zero-order valence-electron chi connectivity index (χ0n) is 8.05. The summed E-state index contributed by atoms with van der Waals surface area (Å²) in [6, 6.07) is 0.899. The average molecular weight is 168 g/mol. The zero-order chi connectivity index (χ0) is 8.60. The van der Waals surface area contributed by atoms with Crippen LogP contribution in [0.15, 0.2) is 0 Å². The van der Waals surface area contributed by atoms with Gasteiger partial charge in [0.1, 0.15) is 0 Å². The van der Waals surface area contributed by atoms with Gasteiger partial charge < -0.3 is 5.73 Å². The third kappa shape index (κ3) is 1.38. The highest BCUT2D eigenvalue weighted by molar-refractivity contribution is 5.08. The molecule has 0 aliphatic heterocycles. The second kappa shape index (κ2) is 3.00. The lowest BCUT2D eigenvalue weighted by molar-refractivity contribution is 0.171. The molecule has 2 heteroatoms. The highest BCUT2D eigenvalue weighted by atomic mass is 15.3. The van der Waals surface area contributed by atoms with E-state index in [9.17, 15) is 0 Å². The standard InChI is InChI=1S/C10H20N2/c1-2-7-12(9-3-4-9)10(8-11)5-6-10/h9H,2-8,11H2,1H3. The first kappa shape index (κ1) is 8.52. The van der Waals surface area contributed by atoms with Crippen molar-refractivity contribution < 1.29 is 0 Å². The maximum absolute atomic E-state index is 5.82. The minimum Gasteiger partial charge on any atom is -0.329 e. The number of hydrogen-bond donors (Lipinski definition) is 1. The topological polar surface area (TPSA) is 29.3 Å². The summed E-state index contributed by atoms with van der Waals surface area (Å²) >= 11 is 0. The third-order valence-corrected chi connectivity index (χ3v) is 3.27. The Morgan fingerprint density at radius 3 is 2.42 bits per heavy atom. The molecular formula is C10H20N2. The molecule has 0 bridgehead atoms. The molecule has 0 atom stereocenters. The lowest BCUT2D eigenvalue weighted by Gasteiger charge is -2.30. The third-order valence-electron chi connectivity index (χ3n) is 3.27. The zero-order valence-corrected chi connectivity index (χ0v) is 8.05. The monoisotopic (exact) mass is 168 g/mol. The van der Waals surface area contributed by atoms with Crippen molar-refractivity contribution in [1.82, 2.24) is 4.90 Å². The number of hydrogen-bond acceptors (Lipinski definition) is 2. The molecule has 70 valence electrons. The predicted molar refractivity (Wildman–Crippen MR) is 51.0 cm³/mol. The molecule has 2 rings (SSSR count). The van der Waals surface area contributed by atoms with E-state index in [4.69, 9.17) is 5.73 Å². The van der Waals surface area contributed by atoms with Crippen LogP contribution in [0.3, 0.4) is 0 Å². The first-order valence-electron chi connectivity index (χ1n) is 5.29. The minimum absolute atomic E-state index is 0.456. The van der Waals surface area contributed by atoms with Gasteiger partial charge in [0.05, 0.1) is 0 Å². The summed E-state index contributed by atoms with van der Waals surface area (Å²) in [6.45, 7) is 4.41. The highest BCUT2D eigenvalue weighted by Gasteiger charge is 2.50. The molecule has 0 aromatic heterocycles. The molecule has 0 unspecified atom stereocenters.